The van der Waals surface area contributed by atoms with Crippen LogP contribution in [-0.2, 0) is 4.79 Å². The number of pyridine rings is 1. The van der Waals surface area contributed by atoms with Gasteiger partial charge in [0.15, 0.2) is 5.60 Å². The van der Waals surface area contributed by atoms with Crippen LogP contribution in [0.2, 0.25) is 10.0 Å². The van der Waals surface area contributed by atoms with Gasteiger partial charge in [0.05, 0.1) is 5.02 Å². The number of ether oxygens (including phenoxy) is 1. The summed E-state index contributed by atoms with van der Waals surface area (Å²) in [6.07, 6.45) is 5.69. The van der Waals surface area contributed by atoms with Crippen LogP contribution in [0.5, 0.6) is 5.75 Å². The van der Waals surface area contributed by atoms with Gasteiger partial charge < -0.3 is 20.1 Å². The number of carboxylic acid groups (broad SMARTS) is 1. The molecule has 2 atom stereocenters. The van der Waals surface area contributed by atoms with Crippen LogP contribution in [0, 0.1) is 0 Å². The van der Waals surface area contributed by atoms with Crippen molar-refractivity contribution in [3.63, 3.8) is 0 Å². The number of carbonyl (C=O) groups is 2. The average Bonchev–Trinajstić information content (AvgIpc) is 2.94. The van der Waals surface area contributed by atoms with Crippen LogP contribution in [0.15, 0.2) is 36.5 Å². The van der Waals surface area contributed by atoms with E-state index in [4.69, 9.17) is 27.9 Å². The molecule has 2 fully saturated rings. The Bertz CT molecular complexity index is 1060. The van der Waals surface area contributed by atoms with E-state index in [-0.39, 0.29) is 17.5 Å². The summed E-state index contributed by atoms with van der Waals surface area (Å²) < 4.78 is 5.97. The van der Waals surface area contributed by atoms with Crippen molar-refractivity contribution >= 4 is 40.9 Å². The molecule has 1 aromatic carbocycles. The quantitative estimate of drug-likeness (QED) is 0.613. The minimum absolute atomic E-state index is 0.117. The molecule has 2 saturated heterocycles. The molecule has 32 heavy (non-hydrogen) atoms. The first-order chi connectivity index (χ1) is 15.1. The third kappa shape index (κ3) is 4.11. The number of hydrogen-bond acceptors (Lipinski definition) is 5. The number of aromatic carboxylic acids is 1. The number of carboxylic acids is 1. The highest BCUT2D eigenvalue weighted by Gasteiger charge is 2.52. The van der Waals surface area contributed by atoms with Crippen LogP contribution < -0.4 is 15.0 Å². The number of hydrogen-bond donors (Lipinski definition) is 2. The lowest BCUT2D eigenvalue weighted by atomic mass is 9.94. The molecular weight excluding hydrogens is 453 g/mol. The van der Waals surface area contributed by atoms with E-state index >= 15 is 0 Å². The molecule has 170 valence electrons. The maximum absolute atomic E-state index is 13.4. The largest absolute Gasteiger partial charge is 0.478 e. The van der Waals surface area contributed by atoms with Gasteiger partial charge in [-0.2, -0.15) is 0 Å². The lowest BCUT2D eigenvalue weighted by Crippen LogP contribution is -2.65. The van der Waals surface area contributed by atoms with E-state index < -0.39 is 17.2 Å². The van der Waals surface area contributed by atoms with E-state index in [0.29, 0.717) is 34.5 Å². The van der Waals surface area contributed by atoms with E-state index in [0.717, 1.165) is 19.3 Å². The molecule has 2 aliphatic heterocycles. The van der Waals surface area contributed by atoms with E-state index in [1.807, 2.05) is 4.90 Å². The van der Waals surface area contributed by atoms with E-state index in [1.54, 1.807) is 50.4 Å². The molecule has 2 unspecified atom stereocenters. The van der Waals surface area contributed by atoms with Gasteiger partial charge in [0.1, 0.15) is 22.8 Å². The molecule has 2 bridgehead atoms. The van der Waals surface area contributed by atoms with Crippen molar-refractivity contribution in [2.75, 3.05) is 4.90 Å². The minimum Gasteiger partial charge on any atom is -0.478 e. The van der Waals surface area contributed by atoms with E-state index in [9.17, 15) is 14.7 Å². The van der Waals surface area contributed by atoms with Crippen LogP contribution in [0.25, 0.3) is 0 Å². The van der Waals surface area contributed by atoms with Crippen molar-refractivity contribution in [2.45, 2.75) is 63.3 Å². The monoisotopic (exact) mass is 477 g/mol. The van der Waals surface area contributed by atoms with Gasteiger partial charge in [0.25, 0.3) is 5.91 Å². The first kappa shape index (κ1) is 22.7. The average molecular weight is 478 g/mol. The van der Waals surface area contributed by atoms with E-state index in [2.05, 4.69) is 10.3 Å². The molecule has 7 nitrogen and oxygen atoms in total. The number of aromatic nitrogens is 1. The van der Waals surface area contributed by atoms with Crippen LogP contribution in [0.1, 0.15) is 56.3 Å². The Morgan fingerprint density at radius 2 is 2.03 bits per heavy atom. The zero-order valence-corrected chi connectivity index (χ0v) is 19.4. The summed E-state index contributed by atoms with van der Waals surface area (Å²) in [5, 5.41) is 13.7. The van der Waals surface area contributed by atoms with Gasteiger partial charge in [0, 0.05) is 17.3 Å². The second-order valence-corrected chi connectivity index (χ2v) is 9.65. The summed E-state index contributed by atoms with van der Waals surface area (Å²) in [6.45, 7) is 3.35. The molecule has 2 aliphatic rings. The highest BCUT2D eigenvalue weighted by atomic mass is 35.5. The zero-order chi connectivity index (χ0) is 23.1. The number of nitrogens with zero attached hydrogens (tertiary/aromatic N) is 2. The van der Waals surface area contributed by atoms with Crippen molar-refractivity contribution in [3.05, 3.63) is 52.1 Å². The SMILES string of the molecule is CC(C)(Oc1ccc(Cl)cc1Cl)C(=O)NC12CCCC(CC1)N2c1ncccc1C(=O)O. The van der Waals surface area contributed by atoms with E-state index in [1.165, 1.54) is 0 Å². The second kappa shape index (κ2) is 8.45. The Morgan fingerprint density at radius 3 is 2.75 bits per heavy atom. The van der Waals surface area contributed by atoms with Gasteiger partial charge in [-0.05, 0) is 76.3 Å². The molecule has 0 saturated carbocycles. The van der Waals surface area contributed by atoms with Crippen LogP contribution in [0.4, 0.5) is 5.82 Å². The Morgan fingerprint density at radius 1 is 1.25 bits per heavy atom. The maximum atomic E-state index is 13.4. The third-order valence-electron chi connectivity index (χ3n) is 6.24. The highest BCUT2D eigenvalue weighted by Crippen LogP contribution is 2.46. The molecule has 3 heterocycles. The number of benzene rings is 1. The minimum atomic E-state index is -1.23. The number of carbonyl (C=O) groups excluding carboxylic acids is 1. The lowest BCUT2D eigenvalue weighted by Gasteiger charge is -2.47. The Kier molecular flexibility index (Phi) is 5.98. The molecule has 9 heteroatoms. The molecule has 2 N–H and O–H groups in total. The molecule has 1 amide bonds. The fourth-order valence-corrected chi connectivity index (χ4v) is 5.16. The number of anilines is 1. The third-order valence-corrected chi connectivity index (χ3v) is 6.77. The van der Waals surface area contributed by atoms with Gasteiger partial charge in [-0.15, -0.1) is 0 Å². The zero-order valence-electron chi connectivity index (χ0n) is 17.9. The van der Waals surface area contributed by atoms with Crippen LogP contribution in [-0.4, -0.2) is 39.3 Å². The van der Waals surface area contributed by atoms with Crippen molar-refractivity contribution in [3.8, 4) is 5.75 Å². The van der Waals surface area contributed by atoms with Crippen molar-refractivity contribution in [1.29, 1.82) is 0 Å². The summed E-state index contributed by atoms with van der Waals surface area (Å²) in [7, 11) is 0. The fourth-order valence-electron chi connectivity index (χ4n) is 4.71. The molecule has 0 spiro atoms. The number of halogens is 2. The number of amides is 1. The first-order valence-electron chi connectivity index (χ1n) is 10.6. The van der Waals surface area contributed by atoms with Gasteiger partial charge in [-0.25, -0.2) is 9.78 Å². The molecule has 2 aromatic rings. The van der Waals surface area contributed by atoms with Gasteiger partial charge in [0.2, 0.25) is 0 Å². The van der Waals surface area contributed by atoms with Crippen molar-refractivity contribution in [2.24, 2.45) is 0 Å². The normalized spacial score (nSPS) is 22.5. The van der Waals surface area contributed by atoms with Gasteiger partial charge in [-0.3, -0.25) is 4.79 Å². The van der Waals surface area contributed by atoms with Crippen LogP contribution >= 0.6 is 23.2 Å². The summed E-state index contributed by atoms with van der Waals surface area (Å²) in [5.74, 6) is -0.608. The number of rotatable bonds is 6. The molecule has 1 aromatic heterocycles. The molecule has 4 rings (SSSR count). The standard InChI is InChI=1S/C23H25Cl2N3O4/c1-22(2,32-18-8-7-14(24)13-17(18)25)21(31)27-23-10-3-5-15(9-11-23)28(23)19-16(20(29)30)6-4-12-26-19/h4,6-8,12-13,15H,3,5,9-11H2,1-2H3,(H,27,31)(H,29,30). The number of piperidine rings is 1. The fraction of sp³-hybridized carbons (Fsp3) is 0.435. The predicted molar refractivity (Wildman–Crippen MR) is 123 cm³/mol. The summed E-state index contributed by atoms with van der Waals surface area (Å²) >= 11 is 12.2. The summed E-state index contributed by atoms with van der Waals surface area (Å²) in [6, 6.07) is 8.11. The van der Waals surface area contributed by atoms with Crippen molar-refractivity contribution in [1.82, 2.24) is 10.3 Å². The summed E-state index contributed by atoms with van der Waals surface area (Å²) in [4.78, 5) is 31.7. The van der Waals surface area contributed by atoms with Gasteiger partial charge in [-0.1, -0.05) is 23.2 Å². The Labute approximate surface area is 196 Å². The molecule has 0 radical (unpaired) electrons. The van der Waals surface area contributed by atoms with Crippen molar-refractivity contribution < 1.29 is 19.4 Å². The second-order valence-electron chi connectivity index (χ2n) is 8.81. The highest BCUT2D eigenvalue weighted by molar-refractivity contribution is 6.35. The maximum Gasteiger partial charge on any atom is 0.339 e. The topological polar surface area (TPSA) is 91.8 Å². The summed E-state index contributed by atoms with van der Waals surface area (Å²) in [5.41, 5.74) is -1.82. The van der Waals surface area contributed by atoms with Gasteiger partial charge >= 0.3 is 5.97 Å². The smallest absolute Gasteiger partial charge is 0.339 e. The number of fused-ring (bicyclic) bond motifs is 2. The predicted octanol–water partition coefficient (Wildman–Crippen LogP) is 4.91. The number of nitrogens with one attached hydrogen (secondary N) is 1. The van der Waals surface area contributed by atoms with Crippen LogP contribution in [0.3, 0.4) is 0 Å². The first-order valence-corrected chi connectivity index (χ1v) is 11.3. The Balaban J connectivity index is 1.63. The lowest BCUT2D eigenvalue weighted by molar-refractivity contribution is -0.136. The molecule has 0 aliphatic carbocycles. The molecular formula is C23H25Cl2N3O4. The Hall–Kier alpha value is -2.51.